The number of halogens is 4. The highest BCUT2D eigenvalue weighted by atomic mass is 35.5. The van der Waals surface area contributed by atoms with Gasteiger partial charge in [-0.15, -0.1) is 0 Å². The summed E-state index contributed by atoms with van der Waals surface area (Å²) in [7, 11) is 0. The van der Waals surface area contributed by atoms with Gasteiger partial charge in [0, 0.05) is 11.8 Å². The van der Waals surface area contributed by atoms with Crippen LogP contribution in [-0.4, -0.2) is 28.4 Å². The van der Waals surface area contributed by atoms with E-state index >= 15 is 0 Å². The fourth-order valence-corrected chi connectivity index (χ4v) is 1.75. The van der Waals surface area contributed by atoms with Crippen molar-refractivity contribution in [3.63, 3.8) is 0 Å². The van der Waals surface area contributed by atoms with Crippen LogP contribution in [-0.2, 0) is 0 Å². The number of hydrogen-bond donors (Lipinski definition) is 3. The molecule has 0 amide bonds. The van der Waals surface area contributed by atoms with Gasteiger partial charge in [0.15, 0.2) is 6.30 Å². The highest BCUT2D eigenvalue weighted by Gasteiger charge is 2.16. The second kappa shape index (κ2) is 5.96. The Labute approximate surface area is 117 Å². The van der Waals surface area contributed by atoms with E-state index in [-0.39, 0.29) is 5.82 Å². The molecule has 0 saturated carbocycles. The van der Waals surface area contributed by atoms with Gasteiger partial charge in [0.05, 0.1) is 22.6 Å². The Bertz CT molecular complexity index is 604. The largest absolute Gasteiger partial charge is 0.357 e. The van der Waals surface area contributed by atoms with E-state index in [0.29, 0.717) is 16.3 Å². The number of nitrogens with one attached hydrogen (secondary N) is 3. The van der Waals surface area contributed by atoms with E-state index in [1.165, 1.54) is 24.5 Å². The summed E-state index contributed by atoms with van der Waals surface area (Å²) in [6.07, 6.45) is 1.99. The normalized spacial score (nSPS) is 18.9. The first kappa shape index (κ1) is 14.4. The minimum absolute atomic E-state index is 0.268. The third kappa shape index (κ3) is 3.30. The molecule has 1 aliphatic rings. The minimum atomic E-state index is -2.84. The van der Waals surface area contributed by atoms with Crippen molar-refractivity contribution < 1.29 is 13.2 Å². The van der Waals surface area contributed by atoms with Crippen LogP contribution in [0.15, 0.2) is 29.6 Å². The van der Waals surface area contributed by atoms with Crippen LogP contribution in [0.1, 0.15) is 11.5 Å². The quantitative estimate of drug-likeness (QED) is 0.591. The van der Waals surface area contributed by atoms with Crippen LogP contribution in [0.4, 0.5) is 13.2 Å². The van der Waals surface area contributed by atoms with E-state index in [0.717, 1.165) is 6.08 Å². The Morgan fingerprint density at radius 3 is 2.95 bits per heavy atom. The van der Waals surface area contributed by atoms with Crippen molar-refractivity contribution in [2.24, 2.45) is 0 Å². The molecule has 0 radical (unpaired) electrons. The summed E-state index contributed by atoms with van der Waals surface area (Å²) >= 11 is 5.93. The summed E-state index contributed by atoms with van der Waals surface area (Å²) in [5.41, 5.74) is 0.0680. The van der Waals surface area contributed by atoms with Gasteiger partial charge in [-0.05, 0) is 18.2 Å². The van der Waals surface area contributed by atoms with Crippen LogP contribution in [0.2, 0.25) is 0 Å². The van der Waals surface area contributed by atoms with E-state index in [1.54, 1.807) is 0 Å². The molecule has 1 unspecified atom stereocenters. The van der Waals surface area contributed by atoms with Gasteiger partial charge in [-0.2, -0.15) is 0 Å². The Balaban J connectivity index is 2.17. The second-order valence-electron chi connectivity index (χ2n) is 3.91. The molecule has 0 bridgehead atoms. The van der Waals surface area contributed by atoms with Gasteiger partial charge >= 0.3 is 0 Å². The van der Waals surface area contributed by atoms with E-state index in [2.05, 4.69) is 15.3 Å². The van der Waals surface area contributed by atoms with Crippen LogP contribution in [0.5, 0.6) is 0 Å². The number of aromatic amines is 1. The number of imidazole rings is 1. The Hall–Kier alpha value is -2.02. The maximum atomic E-state index is 13.2. The Morgan fingerprint density at radius 1 is 1.50 bits per heavy atom. The maximum Gasteiger partial charge on any atom is 0.279 e. The van der Waals surface area contributed by atoms with Gasteiger partial charge < -0.3 is 10.3 Å². The van der Waals surface area contributed by atoms with Gasteiger partial charge in [-0.25, -0.2) is 18.2 Å². The maximum absolute atomic E-state index is 13.2. The molecule has 2 heterocycles. The molecule has 1 atom stereocenters. The lowest BCUT2D eigenvalue weighted by Gasteiger charge is -2.13. The second-order valence-corrected chi connectivity index (χ2v) is 4.32. The Morgan fingerprint density at radius 2 is 2.25 bits per heavy atom. The molecule has 4 nitrogen and oxygen atoms in total. The van der Waals surface area contributed by atoms with Crippen LogP contribution >= 0.6 is 11.6 Å². The fraction of sp³-hybridized carbons (Fsp3) is 0.167. The molecule has 0 aliphatic carbocycles. The molecule has 0 aromatic carbocycles. The first-order valence-electron chi connectivity index (χ1n) is 5.55. The van der Waals surface area contributed by atoms with Crippen LogP contribution in [0.25, 0.3) is 11.6 Å². The van der Waals surface area contributed by atoms with Crippen molar-refractivity contribution in [3.05, 3.63) is 41.1 Å². The van der Waals surface area contributed by atoms with Crippen molar-refractivity contribution in [1.82, 2.24) is 15.3 Å². The van der Waals surface area contributed by atoms with Crippen LogP contribution < -0.4 is 5.32 Å². The van der Waals surface area contributed by atoms with Gasteiger partial charge in [0.25, 0.3) is 6.43 Å². The predicted octanol–water partition coefficient (Wildman–Crippen LogP) is 3.07. The van der Waals surface area contributed by atoms with Gasteiger partial charge in [-0.3, -0.25) is 5.41 Å². The summed E-state index contributed by atoms with van der Waals surface area (Å²) in [6.45, 7) is 0. The molecule has 1 aromatic heterocycles. The molecule has 0 fully saturated rings. The standard InChI is InChI=1S/C12H10ClF3N4/c13-7-4-18-10(14)3-6(7)9-5-19-11(20-9)2-1-8(17)12(15)16/h1-5,10,12,17-18H,(H,19,20)/b2-1-,17-8?. The summed E-state index contributed by atoms with van der Waals surface area (Å²) < 4.78 is 37.5. The number of alkyl halides is 3. The van der Waals surface area contributed by atoms with Crippen molar-refractivity contribution in [2.75, 3.05) is 0 Å². The number of rotatable bonds is 4. The molecule has 1 aliphatic heterocycles. The number of aromatic nitrogens is 2. The lowest BCUT2D eigenvalue weighted by atomic mass is 10.1. The molecule has 2 rings (SSSR count). The number of hydrogen-bond acceptors (Lipinski definition) is 3. The van der Waals surface area contributed by atoms with Crippen molar-refractivity contribution in [2.45, 2.75) is 12.7 Å². The molecule has 8 heteroatoms. The summed E-state index contributed by atoms with van der Waals surface area (Å²) in [5.74, 6) is 0.268. The van der Waals surface area contributed by atoms with Gasteiger partial charge in [0.2, 0.25) is 0 Å². The SMILES string of the molecule is N=C(/C=C\c1ncc(C2=CC(F)NC=C2Cl)[nH]1)C(F)F. The van der Waals surface area contributed by atoms with E-state index in [1.807, 2.05) is 0 Å². The smallest absolute Gasteiger partial charge is 0.279 e. The summed E-state index contributed by atoms with van der Waals surface area (Å²) in [6, 6.07) is 0. The highest BCUT2D eigenvalue weighted by molar-refractivity contribution is 6.37. The topological polar surface area (TPSA) is 64.6 Å². The van der Waals surface area contributed by atoms with Gasteiger partial charge in [0.1, 0.15) is 5.82 Å². The lowest BCUT2D eigenvalue weighted by Crippen LogP contribution is -2.20. The van der Waals surface area contributed by atoms with E-state index in [9.17, 15) is 13.2 Å². The third-order valence-corrected chi connectivity index (χ3v) is 2.79. The van der Waals surface area contributed by atoms with Crippen LogP contribution in [0, 0.1) is 5.41 Å². The van der Waals surface area contributed by atoms with E-state index < -0.39 is 18.4 Å². The Kier molecular flexibility index (Phi) is 4.29. The van der Waals surface area contributed by atoms with Gasteiger partial charge in [-0.1, -0.05) is 11.6 Å². The van der Waals surface area contributed by atoms with E-state index in [4.69, 9.17) is 17.0 Å². The molecular weight excluding hydrogens is 293 g/mol. The molecular formula is C12H10ClF3N4. The molecule has 20 heavy (non-hydrogen) atoms. The zero-order valence-corrected chi connectivity index (χ0v) is 10.8. The highest BCUT2D eigenvalue weighted by Crippen LogP contribution is 2.27. The third-order valence-electron chi connectivity index (χ3n) is 2.48. The zero-order valence-electron chi connectivity index (χ0n) is 10.0. The number of allylic oxidation sites excluding steroid dienone is 3. The number of H-pyrrole nitrogens is 1. The first-order valence-corrected chi connectivity index (χ1v) is 5.93. The lowest BCUT2D eigenvalue weighted by molar-refractivity contribution is 0.226. The van der Waals surface area contributed by atoms with Crippen molar-refractivity contribution >= 4 is 29.0 Å². The minimum Gasteiger partial charge on any atom is -0.357 e. The number of dihydropyridines is 1. The monoisotopic (exact) mass is 302 g/mol. The first-order chi connectivity index (χ1) is 9.47. The average Bonchev–Trinajstić information content (AvgIpc) is 2.87. The molecule has 3 N–H and O–H groups in total. The molecule has 0 spiro atoms. The number of nitrogens with zero attached hydrogens (tertiary/aromatic N) is 1. The van der Waals surface area contributed by atoms with Crippen molar-refractivity contribution in [3.8, 4) is 0 Å². The molecule has 106 valence electrons. The fourth-order valence-electron chi connectivity index (χ4n) is 1.52. The van der Waals surface area contributed by atoms with Crippen molar-refractivity contribution in [1.29, 1.82) is 5.41 Å². The van der Waals surface area contributed by atoms with Crippen LogP contribution in [0.3, 0.4) is 0 Å². The summed E-state index contributed by atoms with van der Waals surface area (Å²) in [4.78, 5) is 6.73. The average molecular weight is 303 g/mol. The summed E-state index contributed by atoms with van der Waals surface area (Å²) in [5, 5.41) is 9.67. The zero-order chi connectivity index (χ0) is 14.7. The predicted molar refractivity (Wildman–Crippen MR) is 71.3 cm³/mol. The molecule has 0 saturated heterocycles. The molecule has 1 aromatic rings.